The number of hydrogen-bond acceptors (Lipinski definition) is 3. The van der Waals surface area contributed by atoms with Crippen molar-refractivity contribution in [2.45, 2.75) is 0 Å². The highest BCUT2D eigenvalue weighted by atomic mass is 32.1. The summed E-state index contributed by atoms with van der Waals surface area (Å²) in [6.07, 6.45) is 0. The maximum atomic E-state index is 5.61. The number of thiocarbonyl (C=S) groups is 1. The summed E-state index contributed by atoms with van der Waals surface area (Å²) in [4.78, 5) is 0. The minimum Gasteiger partial charge on any atom is -0.492 e. The number of ether oxygens (including phenoxy) is 1. The summed E-state index contributed by atoms with van der Waals surface area (Å²) < 4.78 is 5.45. The fourth-order valence-corrected chi connectivity index (χ4v) is 1.13. The van der Waals surface area contributed by atoms with E-state index >= 15 is 0 Å². The van der Waals surface area contributed by atoms with Gasteiger partial charge in [-0.25, -0.2) is 0 Å². The number of rotatable bonds is 4. The van der Waals surface area contributed by atoms with E-state index in [0.717, 1.165) is 5.75 Å². The minimum absolute atomic E-state index is 0.547. The van der Waals surface area contributed by atoms with E-state index in [2.05, 4.69) is 10.6 Å². The fourth-order valence-electron chi connectivity index (χ4n) is 1.03. The lowest BCUT2D eigenvalue weighted by molar-refractivity contribution is 0.322. The average Bonchev–Trinajstić information content (AvgIpc) is 2.24. The molecule has 15 heavy (non-hydrogen) atoms. The first-order valence-corrected chi connectivity index (χ1v) is 5.07. The SMILES string of the molecule is CNC(=S)NCCOc1cccc(N)c1. The zero-order chi connectivity index (χ0) is 11.1. The molecule has 82 valence electrons. The van der Waals surface area contributed by atoms with Gasteiger partial charge in [0.15, 0.2) is 5.11 Å². The lowest BCUT2D eigenvalue weighted by Crippen LogP contribution is -2.35. The van der Waals surface area contributed by atoms with E-state index in [4.69, 9.17) is 22.7 Å². The van der Waals surface area contributed by atoms with Crippen LogP contribution in [-0.4, -0.2) is 25.3 Å². The number of nitrogens with two attached hydrogens (primary N) is 1. The predicted molar refractivity (Wildman–Crippen MR) is 66.0 cm³/mol. The number of anilines is 1. The van der Waals surface area contributed by atoms with E-state index in [9.17, 15) is 0 Å². The molecule has 0 fully saturated rings. The van der Waals surface area contributed by atoms with E-state index < -0.39 is 0 Å². The molecule has 0 atom stereocenters. The molecule has 0 heterocycles. The molecule has 0 amide bonds. The first kappa shape index (κ1) is 11.6. The van der Waals surface area contributed by atoms with Gasteiger partial charge in [-0.05, 0) is 24.4 Å². The molecule has 0 saturated carbocycles. The van der Waals surface area contributed by atoms with Gasteiger partial charge in [0.1, 0.15) is 12.4 Å². The van der Waals surface area contributed by atoms with E-state index in [0.29, 0.717) is 24.0 Å². The summed E-state index contributed by atoms with van der Waals surface area (Å²) in [5.74, 6) is 0.771. The van der Waals surface area contributed by atoms with Crippen LogP contribution in [0.2, 0.25) is 0 Å². The van der Waals surface area contributed by atoms with Crippen molar-refractivity contribution in [3.05, 3.63) is 24.3 Å². The Kier molecular flexibility index (Phi) is 4.70. The quantitative estimate of drug-likeness (QED) is 0.401. The van der Waals surface area contributed by atoms with Gasteiger partial charge in [-0.2, -0.15) is 0 Å². The van der Waals surface area contributed by atoms with E-state index in [-0.39, 0.29) is 0 Å². The van der Waals surface area contributed by atoms with Gasteiger partial charge in [0.05, 0.1) is 6.54 Å². The van der Waals surface area contributed by atoms with Crippen LogP contribution in [0.4, 0.5) is 5.69 Å². The maximum absolute atomic E-state index is 5.61. The predicted octanol–water partition coefficient (Wildman–Crippen LogP) is 0.741. The van der Waals surface area contributed by atoms with Crippen molar-refractivity contribution in [1.29, 1.82) is 0 Å². The van der Waals surface area contributed by atoms with Crippen LogP contribution in [0.5, 0.6) is 5.75 Å². The van der Waals surface area contributed by atoms with Crippen molar-refractivity contribution in [2.24, 2.45) is 0 Å². The highest BCUT2D eigenvalue weighted by Crippen LogP contribution is 2.13. The van der Waals surface area contributed by atoms with Gasteiger partial charge < -0.3 is 21.1 Å². The Morgan fingerprint density at radius 3 is 3.00 bits per heavy atom. The maximum Gasteiger partial charge on any atom is 0.166 e. The summed E-state index contributed by atoms with van der Waals surface area (Å²) in [6.45, 7) is 1.21. The average molecular weight is 225 g/mol. The summed E-state index contributed by atoms with van der Waals surface area (Å²) >= 11 is 4.91. The van der Waals surface area contributed by atoms with Gasteiger partial charge in [0, 0.05) is 18.8 Å². The molecule has 0 aliphatic rings. The molecule has 0 spiro atoms. The Morgan fingerprint density at radius 1 is 1.53 bits per heavy atom. The van der Waals surface area contributed by atoms with Crippen molar-refractivity contribution in [1.82, 2.24) is 10.6 Å². The third kappa shape index (κ3) is 4.51. The fraction of sp³-hybridized carbons (Fsp3) is 0.300. The molecule has 4 N–H and O–H groups in total. The van der Waals surface area contributed by atoms with Crippen LogP contribution in [0.15, 0.2) is 24.3 Å². The van der Waals surface area contributed by atoms with Crippen molar-refractivity contribution in [2.75, 3.05) is 25.9 Å². The van der Waals surface area contributed by atoms with Crippen molar-refractivity contribution in [3.63, 3.8) is 0 Å². The number of benzene rings is 1. The molecular weight excluding hydrogens is 210 g/mol. The smallest absolute Gasteiger partial charge is 0.166 e. The minimum atomic E-state index is 0.547. The van der Waals surface area contributed by atoms with Gasteiger partial charge in [-0.15, -0.1) is 0 Å². The van der Waals surface area contributed by atoms with Gasteiger partial charge in [0.2, 0.25) is 0 Å². The largest absolute Gasteiger partial charge is 0.492 e. The van der Waals surface area contributed by atoms with Crippen LogP contribution >= 0.6 is 12.2 Å². The first-order valence-electron chi connectivity index (χ1n) is 4.66. The zero-order valence-corrected chi connectivity index (χ0v) is 9.43. The Morgan fingerprint density at radius 2 is 2.33 bits per heavy atom. The summed E-state index contributed by atoms with van der Waals surface area (Å²) in [6, 6.07) is 7.33. The van der Waals surface area contributed by atoms with Gasteiger partial charge in [-0.3, -0.25) is 0 Å². The molecule has 5 heteroatoms. The lowest BCUT2D eigenvalue weighted by Gasteiger charge is -2.09. The molecule has 0 saturated heterocycles. The molecule has 0 radical (unpaired) electrons. The molecule has 0 aliphatic heterocycles. The standard InChI is InChI=1S/C10H15N3OS/c1-12-10(15)13-5-6-14-9-4-2-3-8(11)7-9/h2-4,7H,5-6,11H2,1H3,(H2,12,13,15). The van der Waals surface area contributed by atoms with Gasteiger partial charge in [-0.1, -0.05) is 6.07 Å². The van der Waals surface area contributed by atoms with Crippen LogP contribution in [0.1, 0.15) is 0 Å². The molecule has 0 bridgehead atoms. The second kappa shape index (κ2) is 6.08. The molecule has 1 rings (SSSR count). The number of nitrogens with one attached hydrogen (secondary N) is 2. The Labute approximate surface area is 94.8 Å². The molecule has 0 aromatic heterocycles. The zero-order valence-electron chi connectivity index (χ0n) is 8.62. The topological polar surface area (TPSA) is 59.3 Å². The van der Waals surface area contributed by atoms with E-state index in [1.165, 1.54) is 0 Å². The molecule has 4 nitrogen and oxygen atoms in total. The molecule has 0 aliphatic carbocycles. The first-order chi connectivity index (χ1) is 7.22. The van der Waals surface area contributed by atoms with Crippen LogP contribution in [0.3, 0.4) is 0 Å². The second-order valence-electron chi connectivity index (χ2n) is 2.93. The van der Waals surface area contributed by atoms with Crippen LogP contribution in [0, 0.1) is 0 Å². The molecule has 1 aromatic rings. The second-order valence-corrected chi connectivity index (χ2v) is 3.34. The van der Waals surface area contributed by atoms with Crippen molar-refractivity contribution in [3.8, 4) is 5.75 Å². The normalized spacial score (nSPS) is 9.40. The summed E-state index contributed by atoms with van der Waals surface area (Å²) in [5, 5.41) is 6.42. The third-order valence-electron chi connectivity index (χ3n) is 1.74. The Bertz CT molecular complexity index is 330. The lowest BCUT2D eigenvalue weighted by atomic mass is 10.3. The number of nitrogen functional groups attached to an aromatic ring is 1. The molecule has 0 unspecified atom stereocenters. The van der Waals surface area contributed by atoms with E-state index in [1.54, 1.807) is 13.1 Å². The monoisotopic (exact) mass is 225 g/mol. The van der Waals surface area contributed by atoms with Crippen molar-refractivity contribution >= 4 is 23.0 Å². The molecule has 1 aromatic carbocycles. The van der Waals surface area contributed by atoms with E-state index in [1.807, 2.05) is 18.2 Å². The highest BCUT2D eigenvalue weighted by molar-refractivity contribution is 7.80. The van der Waals surface area contributed by atoms with Crippen LogP contribution < -0.4 is 21.1 Å². The number of hydrogen-bond donors (Lipinski definition) is 3. The molecular formula is C10H15N3OS. The summed E-state index contributed by atoms with van der Waals surface area (Å²) in [5.41, 5.74) is 6.31. The van der Waals surface area contributed by atoms with Crippen LogP contribution in [-0.2, 0) is 0 Å². The van der Waals surface area contributed by atoms with Crippen molar-refractivity contribution < 1.29 is 4.74 Å². The van der Waals surface area contributed by atoms with Crippen LogP contribution in [0.25, 0.3) is 0 Å². The third-order valence-corrected chi connectivity index (χ3v) is 2.09. The Hall–Kier alpha value is -1.49. The van der Waals surface area contributed by atoms with Gasteiger partial charge in [0.25, 0.3) is 0 Å². The summed E-state index contributed by atoms with van der Waals surface area (Å²) in [7, 11) is 1.77. The van der Waals surface area contributed by atoms with Gasteiger partial charge >= 0.3 is 0 Å². The highest BCUT2D eigenvalue weighted by Gasteiger charge is 1.94. The Balaban J connectivity index is 2.23.